The monoisotopic (exact) mass is 579 g/mol. The molecule has 1 aliphatic rings. The van der Waals surface area contributed by atoms with Crippen LogP contribution in [0.25, 0.3) is 44.6 Å². The Morgan fingerprint density at radius 2 is 1.76 bits per heavy atom. The third-order valence-corrected chi connectivity index (χ3v) is 9.55. The first-order valence-electron chi connectivity index (χ1n) is 13.8. The molecule has 0 saturated carbocycles. The van der Waals surface area contributed by atoms with E-state index in [0.29, 0.717) is 28.0 Å². The van der Waals surface area contributed by atoms with E-state index in [0.717, 1.165) is 54.9 Å². The molecule has 0 bridgehead atoms. The molecule has 6 aromatic rings. The summed E-state index contributed by atoms with van der Waals surface area (Å²) in [4.78, 5) is 33.2. The van der Waals surface area contributed by atoms with E-state index < -0.39 is 10.0 Å². The summed E-state index contributed by atoms with van der Waals surface area (Å²) in [6.07, 6.45) is 5.81. The summed E-state index contributed by atoms with van der Waals surface area (Å²) >= 11 is 0. The van der Waals surface area contributed by atoms with Crippen LogP contribution in [0.1, 0.15) is 6.42 Å². The zero-order valence-electron chi connectivity index (χ0n) is 23.0. The van der Waals surface area contributed by atoms with Crippen LogP contribution in [-0.4, -0.2) is 70.5 Å². The Labute approximate surface area is 242 Å². The molecule has 42 heavy (non-hydrogen) atoms. The molecule has 0 amide bonds. The molecule has 0 atom stereocenters. The number of pyridine rings is 2. The van der Waals surface area contributed by atoms with Gasteiger partial charge in [-0.2, -0.15) is 0 Å². The van der Waals surface area contributed by atoms with Gasteiger partial charge in [0.25, 0.3) is 15.6 Å². The van der Waals surface area contributed by atoms with Gasteiger partial charge in [-0.15, -0.1) is 0 Å². The Balaban J connectivity index is 1.26. The Morgan fingerprint density at radius 1 is 0.905 bits per heavy atom. The van der Waals surface area contributed by atoms with Crippen molar-refractivity contribution in [3.8, 4) is 22.5 Å². The van der Waals surface area contributed by atoms with Crippen molar-refractivity contribution in [2.75, 3.05) is 38.1 Å². The van der Waals surface area contributed by atoms with Crippen molar-refractivity contribution in [1.29, 1.82) is 0 Å². The Bertz CT molecular complexity index is 2100. The van der Waals surface area contributed by atoms with Gasteiger partial charge >= 0.3 is 0 Å². The maximum Gasteiger partial charge on any atom is 0.269 e. The van der Waals surface area contributed by atoms with Crippen molar-refractivity contribution in [2.45, 2.75) is 11.3 Å². The van der Waals surface area contributed by atoms with Gasteiger partial charge in [0, 0.05) is 49.3 Å². The highest BCUT2D eigenvalue weighted by Gasteiger charge is 2.21. The van der Waals surface area contributed by atoms with Crippen LogP contribution in [0.15, 0.2) is 95.0 Å². The van der Waals surface area contributed by atoms with Crippen LogP contribution in [0.5, 0.6) is 0 Å². The van der Waals surface area contributed by atoms with Crippen molar-refractivity contribution < 1.29 is 8.42 Å². The Kier molecular flexibility index (Phi) is 6.40. The minimum Gasteiger partial charge on any atom is -0.370 e. The fourth-order valence-corrected chi connectivity index (χ4v) is 6.93. The number of aromatic amines is 2. The molecule has 0 radical (unpaired) electrons. The van der Waals surface area contributed by atoms with Crippen LogP contribution >= 0.6 is 0 Å². The number of fused-ring (bicyclic) bond motifs is 2. The van der Waals surface area contributed by atoms with Crippen LogP contribution in [0, 0.1) is 0 Å². The number of H-pyrrole nitrogens is 2. The molecule has 1 fully saturated rings. The number of hydrogen-bond acceptors (Lipinski definition) is 7. The van der Waals surface area contributed by atoms with Crippen molar-refractivity contribution in [2.24, 2.45) is 0 Å². The molecule has 1 aliphatic heterocycles. The number of aromatic nitrogens is 5. The molecule has 0 aliphatic carbocycles. The van der Waals surface area contributed by atoms with Crippen LogP contribution in [0.4, 0.5) is 5.69 Å². The zero-order valence-corrected chi connectivity index (χ0v) is 23.8. The van der Waals surface area contributed by atoms with E-state index in [1.165, 1.54) is 10.2 Å². The lowest BCUT2D eigenvalue weighted by molar-refractivity contribution is 0.360. The lowest BCUT2D eigenvalue weighted by Crippen LogP contribution is -2.28. The average Bonchev–Trinajstić information content (AvgIpc) is 3.58. The highest BCUT2D eigenvalue weighted by Crippen LogP contribution is 2.31. The van der Waals surface area contributed by atoms with Crippen molar-refractivity contribution >= 4 is 37.8 Å². The first-order chi connectivity index (χ1) is 20.4. The Morgan fingerprint density at radius 3 is 2.62 bits per heavy atom. The Hall–Kier alpha value is -4.74. The minimum atomic E-state index is -3.83. The fraction of sp³-hybridized carbons (Fsp3) is 0.194. The smallest absolute Gasteiger partial charge is 0.269 e. The van der Waals surface area contributed by atoms with Crippen LogP contribution in [0.2, 0.25) is 0 Å². The van der Waals surface area contributed by atoms with Gasteiger partial charge in [0.05, 0.1) is 21.5 Å². The largest absolute Gasteiger partial charge is 0.370 e. The van der Waals surface area contributed by atoms with Gasteiger partial charge in [0.15, 0.2) is 5.65 Å². The van der Waals surface area contributed by atoms with Gasteiger partial charge < -0.3 is 19.8 Å². The van der Waals surface area contributed by atoms with E-state index in [2.05, 4.69) is 43.9 Å². The fourth-order valence-electron chi connectivity index (χ4n) is 5.61. The normalized spacial score (nSPS) is 14.9. The number of nitrogens with one attached hydrogen (secondary N) is 2. The first kappa shape index (κ1) is 26.2. The van der Waals surface area contributed by atoms with Crippen molar-refractivity contribution in [3.05, 3.63) is 95.7 Å². The highest BCUT2D eigenvalue weighted by molar-refractivity contribution is 7.90. The van der Waals surface area contributed by atoms with Gasteiger partial charge in [0.1, 0.15) is 5.82 Å². The molecule has 0 spiro atoms. The summed E-state index contributed by atoms with van der Waals surface area (Å²) in [7, 11) is -1.68. The summed E-state index contributed by atoms with van der Waals surface area (Å²) < 4.78 is 27.9. The maximum atomic E-state index is 13.3. The summed E-state index contributed by atoms with van der Waals surface area (Å²) in [5, 5.41) is 0.646. The summed E-state index contributed by atoms with van der Waals surface area (Å²) in [6, 6.07) is 19.7. The van der Waals surface area contributed by atoms with Crippen LogP contribution in [0.3, 0.4) is 0 Å². The molecular weight excluding hydrogens is 550 g/mol. The molecule has 2 aromatic carbocycles. The lowest BCUT2D eigenvalue weighted by atomic mass is 10.0. The topological polar surface area (TPSA) is 120 Å². The van der Waals surface area contributed by atoms with E-state index in [1.54, 1.807) is 54.9 Å². The highest BCUT2D eigenvalue weighted by atomic mass is 32.2. The third kappa shape index (κ3) is 4.56. The molecule has 7 rings (SSSR count). The molecule has 5 heterocycles. The average molecular weight is 580 g/mol. The number of anilines is 1. The molecule has 11 heteroatoms. The van der Waals surface area contributed by atoms with Gasteiger partial charge in [0.2, 0.25) is 0 Å². The summed E-state index contributed by atoms with van der Waals surface area (Å²) in [5.74, 6) is 0.468. The second-order valence-electron chi connectivity index (χ2n) is 10.6. The van der Waals surface area contributed by atoms with E-state index in [1.807, 2.05) is 12.1 Å². The number of likely N-dealkylation sites (N-methyl/N-ethyl adjacent to an activating group) is 1. The van der Waals surface area contributed by atoms with E-state index in [-0.39, 0.29) is 10.5 Å². The first-order valence-corrected chi connectivity index (χ1v) is 15.3. The quantitative estimate of drug-likeness (QED) is 0.312. The predicted molar refractivity (Wildman–Crippen MR) is 164 cm³/mol. The van der Waals surface area contributed by atoms with Crippen LogP contribution in [-0.2, 0) is 10.0 Å². The van der Waals surface area contributed by atoms with Gasteiger partial charge in [-0.3, -0.25) is 4.79 Å². The van der Waals surface area contributed by atoms with Crippen molar-refractivity contribution in [3.63, 3.8) is 0 Å². The number of hydrogen-bond donors (Lipinski definition) is 2. The molecule has 212 valence electrons. The molecule has 0 unspecified atom stereocenters. The zero-order chi connectivity index (χ0) is 28.8. The standard InChI is InChI=1S/C31H29N7O3S/c1-36-13-5-14-37(17-16-36)22-8-9-27-28(19-22)35-29(34-27)26-18-21(20-33-31(26)39)24-10-12-32-30-25(24)11-15-38(30)42(40,41)23-6-3-2-4-7-23/h2-4,6-12,15,18-20H,5,13-14,16-17H2,1H3,(H,33,39)(H,34,35). The number of imidazole rings is 1. The van der Waals surface area contributed by atoms with Gasteiger partial charge in [-0.05, 0) is 79.7 Å². The second kappa shape index (κ2) is 10.3. The predicted octanol–water partition coefficient (Wildman–Crippen LogP) is 4.31. The molecular formula is C31H29N7O3S. The molecule has 2 N–H and O–H groups in total. The second-order valence-corrected chi connectivity index (χ2v) is 12.4. The molecule has 1 saturated heterocycles. The number of nitrogens with zero attached hydrogens (tertiary/aromatic N) is 5. The lowest BCUT2D eigenvalue weighted by Gasteiger charge is -2.22. The van der Waals surface area contributed by atoms with E-state index in [4.69, 9.17) is 4.98 Å². The van der Waals surface area contributed by atoms with Gasteiger partial charge in [-0.25, -0.2) is 22.4 Å². The maximum absolute atomic E-state index is 13.3. The van der Waals surface area contributed by atoms with E-state index >= 15 is 0 Å². The summed E-state index contributed by atoms with van der Waals surface area (Å²) in [5.41, 5.74) is 4.64. The van der Waals surface area contributed by atoms with Gasteiger partial charge in [-0.1, -0.05) is 18.2 Å². The third-order valence-electron chi connectivity index (χ3n) is 7.87. The molecule has 10 nitrogen and oxygen atoms in total. The number of rotatable bonds is 5. The SMILES string of the molecule is CN1CCCN(c2ccc3nc(-c4cc(-c5ccnc6c5ccn6S(=O)(=O)c5ccccc5)c[nH]c4=O)[nH]c3c2)CC1. The van der Waals surface area contributed by atoms with Crippen LogP contribution < -0.4 is 10.5 Å². The molecule has 4 aromatic heterocycles. The van der Waals surface area contributed by atoms with Crippen molar-refractivity contribution in [1.82, 2.24) is 28.8 Å². The minimum absolute atomic E-state index is 0.178. The number of benzene rings is 2. The summed E-state index contributed by atoms with van der Waals surface area (Å²) in [6.45, 7) is 4.05. The van der Waals surface area contributed by atoms with E-state index in [9.17, 15) is 13.2 Å².